The van der Waals surface area contributed by atoms with E-state index in [4.69, 9.17) is 4.74 Å². The SMILES string of the molecule is CN1C(=O)N(CCN2CC(C(=O)OC(C)(C)C)C2)C(=O)/C1=C/Br. The van der Waals surface area contributed by atoms with Crippen LogP contribution >= 0.6 is 15.9 Å². The number of ether oxygens (including phenoxy) is 1. The van der Waals surface area contributed by atoms with Crippen molar-refractivity contribution in [2.24, 2.45) is 5.92 Å². The first-order valence-electron chi connectivity index (χ1n) is 7.49. The van der Waals surface area contributed by atoms with Crippen LogP contribution in [0.3, 0.4) is 0 Å². The Labute approximate surface area is 144 Å². The van der Waals surface area contributed by atoms with Crippen molar-refractivity contribution in [3.05, 3.63) is 10.7 Å². The molecular formula is C15H22BrN3O4. The van der Waals surface area contributed by atoms with Crippen molar-refractivity contribution in [3.8, 4) is 0 Å². The molecule has 0 aliphatic carbocycles. The number of likely N-dealkylation sites (N-methyl/N-ethyl adjacent to an activating group) is 1. The van der Waals surface area contributed by atoms with E-state index in [9.17, 15) is 14.4 Å². The third-order valence-corrected chi connectivity index (χ3v) is 4.22. The summed E-state index contributed by atoms with van der Waals surface area (Å²) < 4.78 is 5.34. The molecule has 3 amide bonds. The summed E-state index contributed by atoms with van der Waals surface area (Å²) in [6.07, 6.45) is 0. The quantitative estimate of drug-likeness (QED) is 0.414. The molecule has 0 bridgehead atoms. The molecule has 2 aliphatic heterocycles. The van der Waals surface area contributed by atoms with Gasteiger partial charge in [0.2, 0.25) is 0 Å². The Kier molecular flexibility index (Phi) is 5.15. The van der Waals surface area contributed by atoms with Gasteiger partial charge in [-0.05, 0) is 20.8 Å². The molecule has 7 nitrogen and oxygen atoms in total. The maximum Gasteiger partial charge on any atom is 0.331 e. The van der Waals surface area contributed by atoms with Crippen LogP contribution in [0.4, 0.5) is 4.79 Å². The topological polar surface area (TPSA) is 70.2 Å². The lowest BCUT2D eigenvalue weighted by Gasteiger charge is -2.39. The third kappa shape index (κ3) is 3.92. The Morgan fingerprint density at radius 2 is 1.91 bits per heavy atom. The summed E-state index contributed by atoms with van der Waals surface area (Å²) in [7, 11) is 1.56. The van der Waals surface area contributed by atoms with E-state index < -0.39 is 5.60 Å². The lowest BCUT2D eigenvalue weighted by Crippen LogP contribution is -2.54. The number of carbonyl (C=O) groups excluding carboxylic acids is 3. The molecule has 8 heteroatoms. The van der Waals surface area contributed by atoms with Crippen LogP contribution in [0.5, 0.6) is 0 Å². The monoisotopic (exact) mass is 387 g/mol. The van der Waals surface area contributed by atoms with E-state index in [2.05, 4.69) is 15.9 Å². The molecule has 0 atom stereocenters. The zero-order valence-electron chi connectivity index (χ0n) is 13.8. The van der Waals surface area contributed by atoms with Gasteiger partial charge < -0.3 is 4.74 Å². The number of rotatable bonds is 4. The normalized spacial score (nSPS) is 22.0. The Morgan fingerprint density at radius 1 is 1.30 bits per heavy atom. The smallest absolute Gasteiger partial charge is 0.331 e. The van der Waals surface area contributed by atoms with Crippen molar-refractivity contribution in [3.63, 3.8) is 0 Å². The summed E-state index contributed by atoms with van der Waals surface area (Å²) in [5.74, 6) is -0.621. The average Bonchev–Trinajstić information content (AvgIpc) is 2.57. The van der Waals surface area contributed by atoms with Gasteiger partial charge in [0.1, 0.15) is 11.3 Å². The highest BCUT2D eigenvalue weighted by atomic mass is 79.9. The van der Waals surface area contributed by atoms with E-state index in [1.807, 2.05) is 25.7 Å². The predicted octanol–water partition coefficient (Wildman–Crippen LogP) is 1.39. The number of carbonyl (C=O) groups is 3. The molecule has 0 aromatic heterocycles. The predicted molar refractivity (Wildman–Crippen MR) is 87.7 cm³/mol. The fourth-order valence-corrected chi connectivity index (χ4v) is 3.00. The third-order valence-electron chi connectivity index (χ3n) is 3.78. The highest BCUT2D eigenvalue weighted by Crippen LogP contribution is 2.23. The van der Waals surface area contributed by atoms with E-state index in [0.29, 0.717) is 31.9 Å². The van der Waals surface area contributed by atoms with Gasteiger partial charge in [-0.25, -0.2) is 4.79 Å². The molecule has 2 rings (SSSR count). The van der Waals surface area contributed by atoms with Gasteiger partial charge in [-0.2, -0.15) is 0 Å². The second-order valence-corrected chi connectivity index (χ2v) is 7.24. The molecule has 2 aliphatic rings. The molecule has 0 unspecified atom stereocenters. The lowest BCUT2D eigenvalue weighted by atomic mass is 10.00. The molecule has 128 valence electrons. The minimum Gasteiger partial charge on any atom is -0.460 e. The molecule has 2 heterocycles. The number of nitrogens with zero attached hydrogens (tertiary/aromatic N) is 3. The van der Waals surface area contributed by atoms with E-state index >= 15 is 0 Å². The van der Waals surface area contributed by atoms with Crippen molar-refractivity contribution in [1.29, 1.82) is 0 Å². The number of halogens is 1. The van der Waals surface area contributed by atoms with Crippen LogP contribution < -0.4 is 0 Å². The van der Waals surface area contributed by atoms with Gasteiger partial charge in [0, 0.05) is 38.2 Å². The zero-order valence-corrected chi connectivity index (χ0v) is 15.4. The van der Waals surface area contributed by atoms with Gasteiger partial charge >= 0.3 is 12.0 Å². The van der Waals surface area contributed by atoms with Gasteiger partial charge in [-0.15, -0.1) is 0 Å². The van der Waals surface area contributed by atoms with Crippen LogP contribution in [0.2, 0.25) is 0 Å². The Hall–Kier alpha value is -1.41. The second kappa shape index (κ2) is 6.60. The summed E-state index contributed by atoms with van der Waals surface area (Å²) in [5, 5.41) is 0. The van der Waals surface area contributed by atoms with Crippen molar-refractivity contribution < 1.29 is 19.1 Å². The maximum absolute atomic E-state index is 12.1. The summed E-state index contributed by atoms with van der Waals surface area (Å²) in [5.41, 5.74) is -0.153. The molecule has 2 fully saturated rings. The van der Waals surface area contributed by atoms with Crippen molar-refractivity contribution >= 4 is 33.8 Å². The highest BCUT2D eigenvalue weighted by Gasteiger charge is 2.40. The molecular weight excluding hydrogens is 366 g/mol. The van der Waals surface area contributed by atoms with Crippen LogP contribution in [0, 0.1) is 5.92 Å². The van der Waals surface area contributed by atoms with Crippen LogP contribution in [0.1, 0.15) is 20.8 Å². The highest BCUT2D eigenvalue weighted by molar-refractivity contribution is 9.11. The fraction of sp³-hybridized carbons (Fsp3) is 0.667. The van der Waals surface area contributed by atoms with Gasteiger partial charge in [0.05, 0.1) is 5.92 Å². The number of hydrogen-bond donors (Lipinski definition) is 0. The first-order chi connectivity index (χ1) is 10.6. The molecule has 0 radical (unpaired) electrons. The first kappa shape index (κ1) is 17.9. The van der Waals surface area contributed by atoms with Gasteiger partial charge in [-0.3, -0.25) is 24.3 Å². The van der Waals surface area contributed by atoms with E-state index in [1.165, 1.54) is 14.8 Å². The van der Waals surface area contributed by atoms with Crippen molar-refractivity contribution in [2.75, 3.05) is 33.2 Å². The van der Waals surface area contributed by atoms with Gasteiger partial charge in [0.15, 0.2) is 0 Å². The number of amides is 3. The summed E-state index contributed by atoms with van der Waals surface area (Å²) in [6, 6.07) is -0.329. The van der Waals surface area contributed by atoms with Gasteiger partial charge in [-0.1, -0.05) is 15.9 Å². The van der Waals surface area contributed by atoms with E-state index in [-0.39, 0.29) is 23.8 Å². The molecule has 0 saturated carbocycles. The number of urea groups is 1. The number of imide groups is 1. The largest absolute Gasteiger partial charge is 0.460 e. The number of likely N-dealkylation sites (tertiary alicyclic amines) is 1. The Morgan fingerprint density at radius 3 is 2.39 bits per heavy atom. The van der Waals surface area contributed by atoms with Crippen LogP contribution in [0.15, 0.2) is 10.7 Å². The molecule has 0 N–H and O–H groups in total. The summed E-state index contributed by atoms with van der Waals surface area (Å²) in [6.45, 7) is 7.60. The van der Waals surface area contributed by atoms with Gasteiger partial charge in [0.25, 0.3) is 5.91 Å². The van der Waals surface area contributed by atoms with E-state index in [1.54, 1.807) is 7.05 Å². The summed E-state index contributed by atoms with van der Waals surface area (Å²) in [4.78, 5) is 42.0. The minimum absolute atomic E-state index is 0.125. The average molecular weight is 388 g/mol. The minimum atomic E-state index is -0.477. The van der Waals surface area contributed by atoms with E-state index in [0.717, 1.165) is 0 Å². The molecule has 23 heavy (non-hydrogen) atoms. The fourth-order valence-electron chi connectivity index (χ4n) is 2.50. The standard InChI is InChI=1S/C15H22BrN3O4/c1-15(2,3)23-13(21)10-8-18(9-10)5-6-19-12(20)11(7-16)17(4)14(19)22/h7,10H,5-6,8-9H2,1-4H3/b11-7-. The van der Waals surface area contributed by atoms with Crippen LogP contribution in [0.25, 0.3) is 0 Å². The first-order valence-corrected chi connectivity index (χ1v) is 8.40. The van der Waals surface area contributed by atoms with Crippen LogP contribution in [-0.4, -0.2) is 71.4 Å². The number of hydrogen-bond acceptors (Lipinski definition) is 5. The Balaban J connectivity index is 1.78. The molecule has 2 saturated heterocycles. The van der Waals surface area contributed by atoms with Crippen LogP contribution in [-0.2, 0) is 14.3 Å². The zero-order chi connectivity index (χ0) is 17.4. The number of esters is 1. The second-order valence-electron chi connectivity index (χ2n) is 6.78. The van der Waals surface area contributed by atoms with Crippen molar-refractivity contribution in [1.82, 2.24) is 14.7 Å². The lowest BCUT2D eigenvalue weighted by molar-refractivity contribution is -0.166. The molecule has 0 aromatic carbocycles. The van der Waals surface area contributed by atoms with Crippen molar-refractivity contribution in [2.45, 2.75) is 26.4 Å². The maximum atomic E-state index is 12.1. The summed E-state index contributed by atoms with van der Waals surface area (Å²) >= 11 is 3.10. The molecule has 0 aromatic rings. The molecule has 0 spiro atoms. The Bertz CT molecular complexity index is 549.